The van der Waals surface area contributed by atoms with Crippen LogP contribution in [0.4, 0.5) is 11.4 Å². The average Bonchev–Trinajstić information content (AvgIpc) is 2.72. The Bertz CT molecular complexity index is 1040. The number of rotatable bonds is 6. The van der Waals surface area contributed by atoms with Gasteiger partial charge in [0.05, 0.1) is 11.3 Å². The first-order chi connectivity index (χ1) is 14.0. The van der Waals surface area contributed by atoms with Crippen molar-refractivity contribution in [2.45, 2.75) is 13.8 Å². The minimum absolute atomic E-state index is 0.184. The van der Waals surface area contributed by atoms with Gasteiger partial charge >= 0.3 is 0 Å². The lowest BCUT2D eigenvalue weighted by atomic mass is 10.1. The maximum Gasteiger partial charge on any atom is 0.262 e. The van der Waals surface area contributed by atoms with E-state index in [1.165, 1.54) is 0 Å². The Kier molecular flexibility index (Phi) is 6.52. The molecule has 0 radical (unpaired) electrons. The van der Waals surface area contributed by atoms with Gasteiger partial charge in [0.25, 0.3) is 11.8 Å². The van der Waals surface area contributed by atoms with Gasteiger partial charge in [-0.05, 0) is 61.4 Å². The Balaban J connectivity index is 1.67. The molecule has 0 aromatic heterocycles. The predicted molar refractivity (Wildman–Crippen MR) is 116 cm³/mol. The van der Waals surface area contributed by atoms with E-state index in [9.17, 15) is 9.59 Å². The lowest BCUT2D eigenvalue weighted by Gasteiger charge is -2.14. The van der Waals surface area contributed by atoms with Crippen molar-refractivity contribution in [1.29, 1.82) is 0 Å². The molecule has 148 valence electrons. The molecule has 29 heavy (non-hydrogen) atoms. The molecule has 0 bridgehead atoms. The Morgan fingerprint density at radius 2 is 1.55 bits per heavy atom. The average molecular weight is 409 g/mol. The highest BCUT2D eigenvalue weighted by Crippen LogP contribution is 2.27. The van der Waals surface area contributed by atoms with Gasteiger partial charge in [0.2, 0.25) is 0 Å². The number of amides is 2. The molecule has 0 unspecified atom stereocenters. The number of anilines is 2. The number of hydrogen-bond acceptors (Lipinski definition) is 3. The first-order valence-corrected chi connectivity index (χ1v) is 9.47. The number of nitrogens with one attached hydrogen (secondary N) is 2. The highest BCUT2D eigenvalue weighted by molar-refractivity contribution is 6.31. The van der Waals surface area contributed by atoms with Crippen LogP contribution in [0.1, 0.15) is 21.5 Å². The molecule has 2 N–H and O–H groups in total. The van der Waals surface area contributed by atoms with E-state index < -0.39 is 0 Å². The molecule has 0 aliphatic rings. The van der Waals surface area contributed by atoms with E-state index in [-0.39, 0.29) is 18.4 Å². The Hall–Kier alpha value is -3.31. The molecule has 5 nitrogen and oxygen atoms in total. The molecule has 3 aromatic rings. The highest BCUT2D eigenvalue weighted by atomic mass is 35.5. The van der Waals surface area contributed by atoms with E-state index >= 15 is 0 Å². The second-order valence-corrected chi connectivity index (χ2v) is 6.91. The lowest BCUT2D eigenvalue weighted by molar-refractivity contribution is -0.118. The number of carbonyl (C=O) groups excluding carboxylic acids is 2. The van der Waals surface area contributed by atoms with Crippen molar-refractivity contribution in [2.24, 2.45) is 0 Å². The third-order valence-electron chi connectivity index (χ3n) is 4.51. The van der Waals surface area contributed by atoms with Crippen LogP contribution in [-0.4, -0.2) is 18.4 Å². The Morgan fingerprint density at radius 1 is 0.862 bits per heavy atom. The zero-order valence-corrected chi connectivity index (χ0v) is 16.9. The number of benzene rings is 3. The van der Waals surface area contributed by atoms with Crippen LogP contribution in [0, 0.1) is 13.8 Å². The maximum atomic E-state index is 12.6. The summed E-state index contributed by atoms with van der Waals surface area (Å²) < 4.78 is 5.63. The van der Waals surface area contributed by atoms with Crippen molar-refractivity contribution in [3.8, 4) is 5.75 Å². The fraction of sp³-hybridized carbons (Fsp3) is 0.130. The van der Waals surface area contributed by atoms with Gasteiger partial charge in [-0.3, -0.25) is 9.59 Å². The first-order valence-electron chi connectivity index (χ1n) is 9.09. The lowest BCUT2D eigenvalue weighted by Crippen LogP contribution is -2.23. The summed E-state index contributed by atoms with van der Waals surface area (Å²) in [7, 11) is 0. The minimum Gasteiger partial charge on any atom is -0.483 e. The van der Waals surface area contributed by atoms with E-state index in [2.05, 4.69) is 10.6 Å². The third kappa shape index (κ3) is 5.15. The number of para-hydroxylation sites is 2. The summed E-state index contributed by atoms with van der Waals surface area (Å²) in [6.07, 6.45) is 0. The summed E-state index contributed by atoms with van der Waals surface area (Å²) in [6, 6.07) is 19.4. The molecule has 0 fully saturated rings. The molecular weight excluding hydrogens is 388 g/mol. The number of carbonyl (C=O) groups is 2. The normalized spacial score (nSPS) is 10.3. The smallest absolute Gasteiger partial charge is 0.262 e. The van der Waals surface area contributed by atoms with Gasteiger partial charge < -0.3 is 15.4 Å². The minimum atomic E-state index is -0.364. The Morgan fingerprint density at radius 3 is 2.31 bits per heavy atom. The van der Waals surface area contributed by atoms with E-state index in [1.54, 1.807) is 48.5 Å². The van der Waals surface area contributed by atoms with Crippen molar-refractivity contribution in [2.75, 3.05) is 17.2 Å². The van der Waals surface area contributed by atoms with Crippen LogP contribution in [0.5, 0.6) is 5.75 Å². The van der Waals surface area contributed by atoms with Crippen molar-refractivity contribution < 1.29 is 14.3 Å². The molecule has 6 heteroatoms. The summed E-state index contributed by atoms with van der Waals surface area (Å²) >= 11 is 6.09. The van der Waals surface area contributed by atoms with Crippen LogP contribution in [0.15, 0.2) is 66.7 Å². The van der Waals surface area contributed by atoms with Gasteiger partial charge in [-0.1, -0.05) is 41.9 Å². The van der Waals surface area contributed by atoms with Crippen LogP contribution in [0.25, 0.3) is 0 Å². The molecule has 0 aliphatic heterocycles. The summed E-state index contributed by atoms with van der Waals surface area (Å²) in [4.78, 5) is 25.0. The molecule has 0 spiro atoms. The van der Waals surface area contributed by atoms with Crippen molar-refractivity contribution in [3.63, 3.8) is 0 Å². The van der Waals surface area contributed by atoms with Gasteiger partial charge in [-0.15, -0.1) is 0 Å². The van der Waals surface area contributed by atoms with E-state index in [0.717, 1.165) is 11.1 Å². The van der Waals surface area contributed by atoms with Crippen LogP contribution in [0.3, 0.4) is 0 Å². The largest absolute Gasteiger partial charge is 0.483 e. The second kappa shape index (κ2) is 9.26. The summed E-state index contributed by atoms with van der Waals surface area (Å²) in [6.45, 7) is 3.60. The summed E-state index contributed by atoms with van der Waals surface area (Å²) in [5.41, 5.74) is 3.25. The SMILES string of the molecule is Cc1c(Cl)ccc(OCC(=O)Nc2ccccc2C(=O)Nc2ccccc2)c1C. The molecule has 2 amide bonds. The zero-order chi connectivity index (χ0) is 20.8. The predicted octanol–water partition coefficient (Wildman–Crippen LogP) is 5.23. The summed E-state index contributed by atoms with van der Waals surface area (Å²) in [5.74, 6) is -0.0775. The van der Waals surface area contributed by atoms with Crippen LogP contribution in [-0.2, 0) is 4.79 Å². The molecule has 0 saturated carbocycles. The zero-order valence-electron chi connectivity index (χ0n) is 16.2. The van der Waals surface area contributed by atoms with Crippen molar-refractivity contribution in [3.05, 3.63) is 88.4 Å². The number of halogens is 1. The molecule has 0 heterocycles. The third-order valence-corrected chi connectivity index (χ3v) is 4.92. The number of hydrogen-bond donors (Lipinski definition) is 2. The van der Waals surface area contributed by atoms with Gasteiger partial charge in [-0.2, -0.15) is 0 Å². The second-order valence-electron chi connectivity index (χ2n) is 6.50. The van der Waals surface area contributed by atoms with E-state index in [1.807, 2.05) is 32.0 Å². The van der Waals surface area contributed by atoms with E-state index in [0.29, 0.717) is 27.7 Å². The quantitative estimate of drug-likeness (QED) is 0.587. The van der Waals surface area contributed by atoms with Crippen molar-refractivity contribution >= 4 is 34.8 Å². The summed E-state index contributed by atoms with van der Waals surface area (Å²) in [5, 5.41) is 6.21. The standard InChI is InChI=1S/C23H21ClN2O3/c1-15-16(2)21(13-12-19(15)24)29-14-22(27)26-20-11-7-6-10-18(20)23(28)25-17-8-4-3-5-9-17/h3-13H,14H2,1-2H3,(H,25,28)(H,26,27). The molecule has 0 atom stereocenters. The van der Waals surface area contributed by atoms with Gasteiger partial charge in [0.15, 0.2) is 6.61 Å². The molecule has 0 saturated heterocycles. The maximum absolute atomic E-state index is 12.6. The number of ether oxygens (including phenoxy) is 1. The van der Waals surface area contributed by atoms with Crippen LogP contribution < -0.4 is 15.4 Å². The highest BCUT2D eigenvalue weighted by Gasteiger charge is 2.14. The molecule has 3 aromatic carbocycles. The Labute approximate surface area is 174 Å². The van der Waals surface area contributed by atoms with E-state index in [4.69, 9.17) is 16.3 Å². The monoisotopic (exact) mass is 408 g/mol. The fourth-order valence-electron chi connectivity index (χ4n) is 2.76. The van der Waals surface area contributed by atoms with Gasteiger partial charge in [0.1, 0.15) is 5.75 Å². The van der Waals surface area contributed by atoms with Gasteiger partial charge in [0, 0.05) is 10.7 Å². The molecule has 3 rings (SSSR count). The fourth-order valence-corrected chi connectivity index (χ4v) is 2.96. The molecule has 0 aliphatic carbocycles. The first kappa shape index (κ1) is 20.4. The molecular formula is C23H21ClN2O3. The van der Waals surface area contributed by atoms with Crippen molar-refractivity contribution in [1.82, 2.24) is 0 Å². The van der Waals surface area contributed by atoms with Gasteiger partial charge in [-0.25, -0.2) is 0 Å². The topological polar surface area (TPSA) is 67.4 Å². The van der Waals surface area contributed by atoms with Crippen LogP contribution in [0.2, 0.25) is 5.02 Å². The van der Waals surface area contributed by atoms with Crippen LogP contribution >= 0.6 is 11.6 Å².